The summed E-state index contributed by atoms with van der Waals surface area (Å²) in [6.07, 6.45) is 3.93. The SMILES string of the molecule is COc1ccc2c(c1)[C@]1(O[C@@H](CCn3cc(CCO)nn3)[C@H]([Si](C)(C)F)[C@H]1C)C(=O)N2Cc1ccc(NC(=O)[C@H]2CCCN2)cc1. The van der Waals surface area contributed by atoms with Crippen molar-refractivity contribution >= 4 is 31.6 Å². The zero-order valence-corrected chi connectivity index (χ0v) is 27.8. The van der Waals surface area contributed by atoms with Crippen LogP contribution in [0.25, 0.3) is 0 Å². The first-order chi connectivity index (χ1) is 22.0. The number of aliphatic hydroxyl groups is 1. The number of carbonyl (C=O) groups excluding carboxylic acids is 2. The Bertz CT molecular complexity index is 1570. The third-order valence-corrected chi connectivity index (χ3v) is 12.2. The molecule has 0 unspecified atom stereocenters. The van der Waals surface area contributed by atoms with Gasteiger partial charge in [0.05, 0.1) is 37.2 Å². The third-order valence-electron chi connectivity index (χ3n) is 9.70. The topological polar surface area (TPSA) is 131 Å². The predicted octanol–water partition coefficient (Wildman–Crippen LogP) is 3.92. The summed E-state index contributed by atoms with van der Waals surface area (Å²) in [4.78, 5) is 29.0. The van der Waals surface area contributed by atoms with Crippen molar-refractivity contribution in [3.05, 3.63) is 65.5 Å². The van der Waals surface area contributed by atoms with Crippen LogP contribution in [0.5, 0.6) is 5.75 Å². The monoisotopic (exact) mass is 650 g/mol. The normalized spacial score (nSPS) is 25.8. The average molecular weight is 651 g/mol. The van der Waals surface area contributed by atoms with Gasteiger partial charge in [-0.05, 0) is 74.8 Å². The van der Waals surface area contributed by atoms with Gasteiger partial charge in [-0.15, -0.1) is 5.10 Å². The predicted molar refractivity (Wildman–Crippen MR) is 174 cm³/mol. The lowest BCUT2D eigenvalue weighted by molar-refractivity contribution is -0.146. The Labute approximate surface area is 269 Å². The molecule has 1 aromatic heterocycles. The highest BCUT2D eigenvalue weighted by Gasteiger charge is 2.66. The molecule has 0 saturated carbocycles. The van der Waals surface area contributed by atoms with Crippen molar-refractivity contribution in [3.63, 3.8) is 0 Å². The number of aromatic nitrogens is 3. The van der Waals surface area contributed by atoms with Gasteiger partial charge in [0.1, 0.15) is 5.75 Å². The highest BCUT2D eigenvalue weighted by atomic mass is 28.4. The van der Waals surface area contributed by atoms with Crippen LogP contribution in [0.1, 0.15) is 43.0 Å². The number of ether oxygens (including phenoxy) is 2. The van der Waals surface area contributed by atoms with Gasteiger partial charge >= 0.3 is 0 Å². The first kappa shape index (κ1) is 32.3. The van der Waals surface area contributed by atoms with Crippen LogP contribution in [0.15, 0.2) is 48.7 Å². The first-order valence-electron chi connectivity index (χ1n) is 16.1. The van der Waals surface area contributed by atoms with Crippen LogP contribution in [-0.4, -0.2) is 72.7 Å². The number of rotatable bonds is 11. The standard InChI is InChI=1S/C33H43FN6O5Si/c1-21-30(46(3,4)34)29(13-16-39-20-24(14-17-41)37-38-39)45-33(21)26-18-25(44-2)11-12-28(26)40(32(33)43)19-22-7-9-23(10-8-22)36-31(42)27-6-5-15-35-27/h7-12,18,20-21,27,29-30,35,41H,5-6,13-17,19H2,1-4H3,(H,36,42)/t21-,27-,29+,30-,33+/m1/s1. The fourth-order valence-corrected chi connectivity index (χ4v) is 10.1. The van der Waals surface area contributed by atoms with Crippen molar-refractivity contribution in [2.24, 2.45) is 5.92 Å². The van der Waals surface area contributed by atoms with E-state index in [1.807, 2.05) is 49.4 Å². The van der Waals surface area contributed by atoms with Crippen LogP contribution in [0.2, 0.25) is 18.6 Å². The molecule has 2 fully saturated rings. The van der Waals surface area contributed by atoms with Crippen molar-refractivity contribution in [2.45, 2.75) is 82.1 Å². The van der Waals surface area contributed by atoms with E-state index in [0.717, 1.165) is 24.9 Å². The van der Waals surface area contributed by atoms with Crippen LogP contribution >= 0.6 is 0 Å². The van der Waals surface area contributed by atoms with E-state index in [1.165, 1.54) is 0 Å². The summed E-state index contributed by atoms with van der Waals surface area (Å²) in [5, 5.41) is 23.7. The Balaban J connectivity index is 1.27. The van der Waals surface area contributed by atoms with Crippen LogP contribution in [0.3, 0.4) is 0 Å². The summed E-state index contributed by atoms with van der Waals surface area (Å²) in [7, 11) is -1.75. The van der Waals surface area contributed by atoms with Gasteiger partial charge < -0.3 is 34.2 Å². The van der Waals surface area contributed by atoms with Gasteiger partial charge in [0.25, 0.3) is 5.91 Å². The average Bonchev–Trinajstić information content (AvgIpc) is 3.82. The van der Waals surface area contributed by atoms with E-state index in [-0.39, 0.29) is 31.0 Å². The smallest absolute Gasteiger partial charge is 0.264 e. The van der Waals surface area contributed by atoms with E-state index in [1.54, 1.807) is 36.0 Å². The Morgan fingerprint density at radius 3 is 2.72 bits per heavy atom. The Hall–Kier alpha value is -3.65. The van der Waals surface area contributed by atoms with Gasteiger partial charge in [0.15, 0.2) is 5.60 Å². The van der Waals surface area contributed by atoms with E-state index in [0.29, 0.717) is 47.8 Å². The number of nitrogens with one attached hydrogen (secondary N) is 2. The highest BCUT2D eigenvalue weighted by Crippen LogP contribution is 2.60. The lowest BCUT2D eigenvalue weighted by Crippen LogP contribution is -2.45. The van der Waals surface area contributed by atoms with Crippen molar-refractivity contribution in [1.29, 1.82) is 0 Å². The largest absolute Gasteiger partial charge is 0.497 e. The second kappa shape index (κ2) is 12.9. The zero-order valence-electron chi connectivity index (χ0n) is 26.8. The van der Waals surface area contributed by atoms with Crippen molar-refractivity contribution < 1.29 is 28.3 Å². The van der Waals surface area contributed by atoms with Crippen molar-refractivity contribution in [2.75, 3.05) is 30.5 Å². The zero-order chi connectivity index (χ0) is 32.6. The molecule has 246 valence electrons. The summed E-state index contributed by atoms with van der Waals surface area (Å²) in [5.74, 6) is -0.106. The number of anilines is 2. The molecule has 3 aromatic rings. The molecular weight excluding hydrogens is 607 g/mol. The molecule has 6 rings (SSSR count). The number of halogens is 1. The van der Waals surface area contributed by atoms with E-state index >= 15 is 4.11 Å². The van der Waals surface area contributed by atoms with Gasteiger partial charge in [-0.1, -0.05) is 24.3 Å². The number of fused-ring (bicyclic) bond motifs is 2. The molecule has 4 heterocycles. The number of benzene rings is 2. The number of hydrogen-bond donors (Lipinski definition) is 3. The number of hydrogen-bond acceptors (Lipinski definition) is 8. The first-order valence-corrected chi connectivity index (χ1v) is 19.0. The molecular formula is C33H43FN6O5Si. The van der Waals surface area contributed by atoms with Crippen LogP contribution in [0, 0.1) is 5.92 Å². The minimum absolute atomic E-state index is 0.0193. The maximum atomic E-state index is 16.2. The maximum absolute atomic E-state index is 16.2. The molecule has 2 saturated heterocycles. The summed E-state index contributed by atoms with van der Waals surface area (Å²) in [5.41, 5.74) is 1.84. The summed E-state index contributed by atoms with van der Waals surface area (Å²) < 4.78 is 30.3. The lowest BCUT2D eigenvalue weighted by atomic mass is 9.82. The van der Waals surface area contributed by atoms with Crippen molar-refractivity contribution in [3.8, 4) is 5.75 Å². The molecule has 3 aliphatic heterocycles. The third kappa shape index (κ3) is 5.96. The van der Waals surface area contributed by atoms with Gasteiger partial charge in [-0.25, -0.2) is 0 Å². The number of aryl methyl sites for hydroxylation is 1. The van der Waals surface area contributed by atoms with Crippen LogP contribution in [-0.2, 0) is 39.4 Å². The number of nitrogens with zero attached hydrogens (tertiary/aromatic N) is 4. The fourth-order valence-electron chi connectivity index (χ4n) is 7.53. The Morgan fingerprint density at radius 2 is 2.04 bits per heavy atom. The van der Waals surface area contributed by atoms with E-state index in [9.17, 15) is 14.7 Å². The summed E-state index contributed by atoms with van der Waals surface area (Å²) in [6, 6.07) is 12.9. The molecule has 3 aliphatic rings. The molecule has 0 bridgehead atoms. The molecule has 11 nitrogen and oxygen atoms in total. The van der Waals surface area contributed by atoms with Crippen LogP contribution in [0.4, 0.5) is 15.5 Å². The molecule has 0 aliphatic carbocycles. The summed E-state index contributed by atoms with van der Waals surface area (Å²) >= 11 is 0. The van der Waals surface area contributed by atoms with E-state index in [4.69, 9.17) is 9.47 Å². The lowest BCUT2D eigenvalue weighted by Gasteiger charge is -2.31. The van der Waals surface area contributed by atoms with E-state index in [2.05, 4.69) is 20.9 Å². The fraction of sp³-hybridized carbons (Fsp3) is 0.515. The van der Waals surface area contributed by atoms with Gasteiger partial charge in [-0.3, -0.25) is 14.3 Å². The molecule has 13 heteroatoms. The second-order valence-electron chi connectivity index (χ2n) is 13.1. The number of amides is 2. The second-order valence-corrected chi connectivity index (χ2v) is 16.9. The van der Waals surface area contributed by atoms with Crippen LogP contribution < -0.4 is 20.3 Å². The highest BCUT2D eigenvalue weighted by molar-refractivity contribution is 6.72. The summed E-state index contributed by atoms with van der Waals surface area (Å²) in [6.45, 7) is 6.86. The Kier molecular flexibility index (Phi) is 9.03. The molecule has 3 N–H and O–H groups in total. The number of aliphatic hydroxyl groups excluding tert-OH is 1. The molecule has 2 amide bonds. The molecule has 2 aromatic carbocycles. The van der Waals surface area contributed by atoms with E-state index < -0.39 is 31.6 Å². The molecule has 46 heavy (non-hydrogen) atoms. The van der Waals surface area contributed by atoms with Gasteiger partial charge in [0.2, 0.25) is 14.3 Å². The molecule has 0 radical (unpaired) electrons. The number of methoxy groups -OCH3 is 1. The molecule has 1 spiro atoms. The maximum Gasteiger partial charge on any atom is 0.264 e. The Morgan fingerprint density at radius 1 is 1.26 bits per heavy atom. The molecule has 5 atom stereocenters. The minimum Gasteiger partial charge on any atom is -0.497 e. The quantitative estimate of drug-likeness (QED) is 0.210. The number of carbonyl (C=O) groups is 2. The van der Waals surface area contributed by atoms with Gasteiger partial charge in [0, 0.05) is 48.5 Å². The minimum atomic E-state index is -3.33. The van der Waals surface area contributed by atoms with Gasteiger partial charge in [-0.2, -0.15) is 0 Å². The van der Waals surface area contributed by atoms with Crippen molar-refractivity contribution in [1.82, 2.24) is 20.3 Å².